The molecular weight excluding hydrogens is 555 g/mol. The van der Waals surface area contributed by atoms with E-state index in [2.05, 4.69) is 64.6 Å². The quantitative estimate of drug-likeness (QED) is 0.254. The van der Waals surface area contributed by atoms with Crippen LogP contribution in [-0.4, -0.2) is 53.3 Å². The highest BCUT2D eigenvalue weighted by atomic mass is 35.5. The Labute approximate surface area is 251 Å². The van der Waals surface area contributed by atoms with Crippen molar-refractivity contribution in [2.24, 2.45) is 0 Å². The summed E-state index contributed by atoms with van der Waals surface area (Å²) in [6, 6.07) is 19.3. The first-order valence-electron chi connectivity index (χ1n) is 13.5. The highest BCUT2D eigenvalue weighted by Gasteiger charge is 2.41. The average Bonchev–Trinajstić information content (AvgIpc) is 3.68. The Kier molecular flexibility index (Phi) is 13.1. The molecule has 3 N–H and O–H groups in total. The number of aromatic amines is 1. The lowest BCUT2D eigenvalue weighted by Gasteiger charge is -2.49. The first-order valence-corrected chi connectivity index (χ1v) is 13.5. The molecule has 2 heterocycles. The van der Waals surface area contributed by atoms with Gasteiger partial charge in [-0.25, -0.2) is 4.98 Å². The van der Waals surface area contributed by atoms with E-state index in [1.807, 2.05) is 12.1 Å². The van der Waals surface area contributed by atoms with Crippen LogP contribution < -0.4 is 10.1 Å². The minimum Gasteiger partial charge on any atom is -0.497 e. The number of aryl methyl sites for hydroxylation is 2. The summed E-state index contributed by atoms with van der Waals surface area (Å²) in [7, 11) is 1.71. The molecule has 2 atom stereocenters. The number of aliphatic hydroxyl groups excluding tert-OH is 1. The minimum absolute atomic E-state index is 0. The highest BCUT2D eigenvalue weighted by Crippen LogP contribution is 2.40. The van der Waals surface area contributed by atoms with Gasteiger partial charge in [-0.3, -0.25) is 4.90 Å². The second kappa shape index (κ2) is 15.3. The second-order valence-electron chi connectivity index (χ2n) is 10.4. The van der Waals surface area contributed by atoms with E-state index in [1.165, 1.54) is 24.0 Å². The molecule has 5 rings (SSSR count). The topological polar surface area (TPSA) is 73.4 Å². The third-order valence-corrected chi connectivity index (χ3v) is 7.96. The van der Waals surface area contributed by atoms with Crippen LogP contribution in [0.25, 0.3) is 0 Å². The normalized spacial score (nSPS) is 19.8. The number of ether oxygens (including phenoxy) is 1. The molecule has 39 heavy (non-hydrogen) atoms. The summed E-state index contributed by atoms with van der Waals surface area (Å²) < 4.78 is 5.32. The largest absolute Gasteiger partial charge is 0.497 e. The van der Waals surface area contributed by atoms with Gasteiger partial charge in [0, 0.05) is 37.8 Å². The molecule has 2 aromatic carbocycles. The predicted octanol–water partition coefficient (Wildman–Crippen LogP) is 5.98. The van der Waals surface area contributed by atoms with Crippen molar-refractivity contribution in [3.8, 4) is 5.75 Å². The van der Waals surface area contributed by atoms with Gasteiger partial charge in [0.2, 0.25) is 0 Å². The average molecular weight is 598 g/mol. The molecule has 0 bridgehead atoms. The second-order valence-corrected chi connectivity index (χ2v) is 10.4. The molecule has 0 radical (unpaired) electrons. The van der Waals surface area contributed by atoms with E-state index in [0.717, 1.165) is 68.3 Å². The van der Waals surface area contributed by atoms with E-state index in [0.29, 0.717) is 12.5 Å². The molecule has 1 saturated heterocycles. The molecule has 2 aliphatic rings. The maximum absolute atomic E-state index is 11.5. The summed E-state index contributed by atoms with van der Waals surface area (Å²) in [4.78, 5) is 10.9. The SMILES string of the molecule is CCc1[nH]c(C2CC2)nc1C(O)CN1CCNCC1(CCCc1ccc(OC)cc1)c1ccccc1.Cl.Cl.Cl. The number of rotatable bonds is 11. The van der Waals surface area contributed by atoms with Crippen LogP contribution in [0.5, 0.6) is 5.75 Å². The lowest BCUT2D eigenvalue weighted by atomic mass is 9.81. The number of nitrogens with one attached hydrogen (secondary N) is 2. The molecule has 216 valence electrons. The highest BCUT2D eigenvalue weighted by molar-refractivity contribution is 5.86. The van der Waals surface area contributed by atoms with Gasteiger partial charge in [-0.05, 0) is 61.8 Å². The van der Waals surface area contributed by atoms with E-state index in [4.69, 9.17) is 9.72 Å². The molecule has 2 fully saturated rings. The number of methoxy groups -OCH3 is 1. The zero-order chi connectivity index (χ0) is 25.0. The van der Waals surface area contributed by atoms with Crippen LogP contribution >= 0.6 is 37.2 Å². The molecule has 3 aromatic rings. The first-order chi connectivity index (χ1) is 17.6. The number of hydrogen-bond acceptors (Lipinski definition) is 5. The molecule has 0 spiro atoms. The number of aromatic nitrogens is 2. The Morgan fingerprint density at radius 2 is 1.79 bits per heavy atom. The fourth-order valence-corrected chi connectivity index (χ4v) is 5.74. The summed E-state index contributed by atoms with van der Waals surface area (Å²) in [6.45, 7) is 5.42. The van der Waals surface area contributed by atoms with Crippen molar-refractivity contribution in [2.75, 3.05) is 33.3 Å². The van der Waals surface area contributed by atoms with Crippen LogP contribution in [0, 0.1) is 0 Å². The molecule has 0 amide bonds. The van der Waals surface area contributed by atoms with Crippen molar-refractivity contribution in [3.63, 3.8) is 0 Å². The van der Waals surface area contributed by atoms with E-state index in [9.17, 15) is 5.11 Å². The summed E-state index contributed by atoms with van der Waals surface area (Å²) in [6.07, 6.45) is 5.75. The lowest BCUT2D eigenvalue weighted by Crippen LogP contribution is -2.60. The number of benzene rings is 2. The molecule has 1 saturated carbocycles. The van der Waals surface area contributed by atoms with E-state index < -0.39 is 6.10 Å². The van der Waals surface area contributed by atoms with Crippen LogP contribution in [-0.2, 0) is 18.4 Å². The van der Waals surface area contributed by atoms with Gasteiger partial charge in [-0.1, -0.05) is 49.4 Å². The molecule has 1 aromatic heterocycles. The number of imidazole rings is 1. The van der Waals surface area contributed by atoms with Crippen LogP contribution in [0.1, 0.15) is 73.0 Å². The number of halogens is 3. The third-order valence-electron chi connectivity index (χ3n) is 7.96. The Hall–Kier alpha value is -1.80. The third kappa shape index (κ3) is 7.69. The fourth-order valence-electron chi connectivity index (χ4n) is 5.74. The van der Waals surface area contributed by atoms with Gasteiger partial charge >= 0.3 is 0 Å². The van der Waals surface area contributed by atoms with Crippen molar-refractivity contribution in [1.29, 1.82) is 0 Å². The Morgan fingerprint density at radius 1 is 1.08 bits per heavy atom. The monoisotopic (exact) mass is 596 g/mol. The summed E-state index contributed by atoms with van der Waals surface area (Å²) in [5.74, 6) is 2.51. The van der Waals surface area contributed by atoms with Gasteiger partial charge in [0.15, 0.2) is 0 Å². The lowest BCUT2D eigenvalue weighted by molar-refractivity contribution is 0.00364. The fraction of sp³-hybridized carbons (Fsp3) is 0.500. The maximum Gasteiger partial charge on any atom is 0.118 e. The van der Waals surface area contributed by atoms with Gasteiger partial charge in [0.1, 0.15) is 17.7 Å². The number of H-pyrrole nitrogens is 1. The Morgan fingerprint density at radius 3 is 2.44 bits per heavy atom. The van der Waals surface area contributed by atoms with E-state index >= 15 is 0 Å². The smallest absolute Gasteiger partial charge is 0.118 e. The number of piperazine rings is 1. The molecule has 2 unspecified atom stereocenters. The van der Waals surface area contributed by atoms with Crippen molar-refractivity contribution in [1.82, 2.24) is 20.2 Å². The molecule has 1 aliphatic carbocycles. The van der Waals surface area contributed by atoms with E-state index in [1.54, 1.807) is 7.11 Å². The summed E-state index contributed by atoms with van der Waals surface area (Å²) in [5.41, 5.74) is 4.40. The number of aliphatic hydroxyl groups is 1. The standard InChI is InChI=1S/C30H40N4O2.3ClH/c1-3-26-28(33-29(32-26)23-13-14-23)27(35)20-34-19-18-31-21-30(34,24-9-5-4-6-10-24)17-7-8-22-11-15-25(36-2)16-12-22;;;/h4-6,9-12,15-16,23,27,31,35H,3,7-8,13-14,17-21H2,1-2H3,(H,32,33);3*1H. The number of hydrogen-bond donors (Lipinski definition) is 3. The molecular formula is C30H43Cl3N4O2. The van der Waals surface area contributed by atoms with Gasteiger partial charge in [0.05, 0.1) is 18.3 Å². The zero-order valence-electron chi connectivity index (χ0n) is 22.9. The molecule has 1 aliphatic heterocycles. The van der Waals surface area contributed by atoms with Crippen molar-refractivity contribution < 1.29 is 9.84 Å². The predicted molar refractivity (Wildman–Crippen MR) is 165 cm³/mol. The van der Waals surface area contributed by atoms with Crippen molar-refractivity contribution in [2.45, 2.75) is 63.0 Å². The van der Waals surface area contributed by atoms with Gasteiger partial charge < -0.3 is 20.1 Å². The molecule has 9 heteroatoms. The van der Waals surface area contributed by atoms with Crippen molar-refractivity contribution >= 4 is 37.2 Å². The van der Waals surface area contributed by atoms with Crippen LogP contribution in [0.3, 0.4) is 0 Å². The maximum atomic E-state index is 11.5. The summed E-state index contributed by atoms with van der Waals surface area (Å²) in [5, 5.41) is 15.1. The zero-order valence-corrected chi connectivity index (χ0v) is 25.3. The van der Waals surface area contributed by atoms with Crippen LogP contribution in [0.4, 0.5) is 0 Å². The first kappa shape index (κ1) is 33.4. The van der Waals surface area contributed by atoms with Crippen LogP contribution in [0.2, 0.25) is 0 Å². The van der Waals surface area contributed by atoms with E-state index in [-0.39, 0.29) is 42.8 Å². The summed E-state index contributed by atoms with van der Waals surface area (Å²) >= 11 is 0. The molecule has 6 nitrogen and oxygen atoms in total. The van der Waals surface area contributed by atoms with Crippen molar-refractivity contribution in [3.05, 3.63) is 82.9 Å². The Balaban J connectivity index is 0.00000178. The van der Waals surface area contributed by atoms with Crippen LogP contribution in [0.15, 0.2) is 54.6 Å². The number of nitrogens with zero attached hydrogens (tertiary/aromatic N) is 2. The Bertz CT molecular complexity index is 1120. The van der Waals surface area contributed by atoms with Gasteiger partial charge in [0.25, 0.3) is 0 Å². The minimum atomic E-state index is -0.605. The van der Waals surface area contributed by atoms with Gasteiger partial charge in [-0.2, -0.15) is 0 Å². The number of β-amino-alcohol motifs (C(OH)–C–C–N with tert-alkyl or cyclic N) is 1. The van der Waals surface area contributed by atoms with Gasteiger partial charge in [-0.15, -0.1) is 37.2 Å².